The molecule has 4 saturated carbocycles. The van der Waals surface area contributed by atoms with E-state index in [4.69, 9.17) is 4.74 Å². The Morgan fingerprint density at radius 1 is 0.491 bits per heavy atom. The van der Waals surface area contributed by atoms with Crippen LogP contribution in [0.1, 0.15) is 219 Å². The molecule has 4 aliphatic rings. The summed E-state index contributed by atoms with van der Waals surface area (Å²) in [4.78, 5) is 0. The van der Waals surface area contributed by atoms with Gasteiger partial charge in [-0.25, -0.2) is 0 Å². The first-order valence-electron chi connectivity index (χ1n) is 24.6. The zero-order valence-electron chi connectivity index (χ0n) is 36.6. The van der Waals surface area contributed by atoms with Gasteiger partial charge in [0.15, 0.2) is 0 Å². The molecule has 0 bridgehead atoms. The first kappa shape index (κ1) is 43.0. The molecule has 2 unspecified atom stereocenters. The van der Waals surface area contributed by atoms with Gasteiger partial charge in [-0.2, -0.15) is 0 Å². The van der Waals surface area contributed by atoms with E-state index in [9.17, 15) is 0 Å². The van der Waals surface area contributed by atoms with Crippen molar-refractivity contribution in [2.75, 3.05) is 0 Å². The van der Waals surface area contributed by atoms with Crippen molar-refractivity contribution in [3.05, 3.63) is 71.8 Å². The molecule has 2 atom stereocenters. The number of hydrogen-bond acceptors (Lipinski definition) is 1. The molecule has 0 N–H and O–H groups in total. The standard InChI is InChI=1S/C54H86O/c1-5-35-53(49-19-9-7-10-20-49)37-31-47(32-38-53)41-43(3)15-13-17-45-23-27-51(28-24-45)55-52-29-25-46(26-30-52)18-14-16-44(4)42-48-33-39-54(36-6-2,40-34-48)50-21-11-8-12-22-50/h7-12,19-22,43-48,51-52H,5-6,13-18,23-42H2,1-4H3. The molecular weight excluding hydrogens is 665 g/mol. The first-order chi connectivity index (χ1) is 26.9. The minimum Gasteiger partial charge on any atom is -0.375 e. The molecule has 1 heteroatoms. The second-order valence-corrected chi connectivity index (χ2v) is 20.6. The molecule has 0 radical (unpaired) electrons. The van der Waals surface area contributed by atoms with Crippen LogP contribution in [-0.2, 0) is 15.6 Å². The lowest BCUT2D eigenvalue weighted by Gasteiger charge is -2.41. The average molecular weight is 751 g/mol. The van der Waals surface area contributed by atoms with Gasteiger partial charge in [-0.05, 0) is 186 Å². The molecule has 55 heavy (non-hydrogen) atoms. The predicted molar refractivity (Wildman–Crippen MR) is 238 cm³/mol. The topological polar surface area (TPSA) is 9.23 Å². The Hall–Kier alpha value is -1.60. The van der Waals surface area contributed by atoms with Crippen LogP contribution in [0.25, 0.3) is 0 Å². The molecule has 0 amide bonds. The van der Waals surface area contributed by atoms with Gasteiger partial charge in [0.1, 0.15) is 0 Å². The van der Waals surface area contributed by atoms with Gasteiger partial charge in [0, 0.05) is 0 Å². The smallest absolute Gasteiger partial charge is 0.0579 e. The van der Waals surface area contributed by atoms with Gasteiger partial charge < -0.3 is 4.74 Å². The highest BCUT2D eigenvalue weighted by atomic mass is 16.5. The number of benzene rings is 2. The molecule has 4 fully saturated rings. The van der Waals surface area contributed by atoms with Gasteiger partial charge in [0.25, 0.3) is 0 Å². The fourth-order valence-corrected chi connectivity index (χ4v) is 13.1. The molecular formula is C54H86O. The van der Waals surface area contributed by atoms with Crippen LogP contribution in [0.3, 0.4) is 0 Å². The summed E-state index contributed by atoms with van der Waals surface area (Å²) >= 11 is 0. The minimum absolute atomic E-state index is 0.456. The Bertz CT molecular complexity index is 1180. The van der Waals surface area contributed by atoms with Crippen molar-refractivity contribution >= 4 is 0 Å². The lowest BCUT2D eigenvalue weighted by atomic mass is 9.63. The first-order valence-corrected chi connectivity index (χ1v) is 24.6. The lowest BCUT2D eigenvalue weighted by molar-refractivity contribution is -0.0573. The molecule has 1 nitrogen and oxygen atoms in total. The summed E-state index contributed by atoms with van der Waals surface area (Å²) in [5.74, 6) is 5.63. The van der Waals surface area contributed by atoms with Crippen LogP contribution in [0.4, 0.5) is 0 Å². The number of ether oxygens (including phenoxy) is 1. The normalized spacial score (nSPS) is 32.9. The van der Waals surface area contributed by atoms with Crippen molar-refractivity contribution in [3.63, 3.8) is 0 Å². The van der Waals surface area contributed by atoms with Gasteiger partial charge in [0.2, 0.25) is 0 Å². The van der Waals surface area contributed by atoms with Crippen LogP contribution < -0.4 is 0 Å². The van der Waals surface area contributed by atoms with E-state index in [1.54, 1.807) is 11.1 Å². The molecule has 308 valence electrons. The van der Waals surface area contributed by atoms with Crippen LogP contribution in [0.5, 0.6) is 0 Å². The molecule has 0 aliphatic heterocycles. The molecule has 2 aromatic carbocycles. The van der Waals surface area contributed by atoms with Crippen molar-refractivity contribution in [1.82, 2.24) is 0 Å². The van der Waals surface area contributed by atoms with E-state index in [2.05, 4.69) is 88.4 Å². The summed E-state index contributed by atoms with van der Waals surface area (Å²) in [5.41, 5.74) is 4.14. The van der Waals surface area contributed by atoms with E-state index in [-0.39, 0.29) is 0 Å². The largest absolute Gasteiger partial charge is 0.375 e. The van der Waals surface area contributed by atoms with Crippen LogP contribution in [0.15, 0.2) is 60.7 Å². The molecule has 0 aromatic heterocycles. The fraction of sp³-hybridized carbons (Fsp3) is 0.778. The predicted octanol–water partition coefficient (Wildman–Crippen LogP) is 16.4. The van der Waals surface area contributed by atoms with Gasteiger partial charge in [-0.15, -0.1) is 0 Å². The summed E-state index contributed by atoms with van der Waals surface area (Å²) in [5, 5.41) is 0. The molecule has 0 spiro atoms. The fourth-order valence-electron chi connectivity index (χ4n) is 13.1. The zero-order chi connectivity index (χ0) is 38.4. The third-order valence-corrected chi connectivity index (χ3v) is 16.4. The Morgan fingerprint density at radius 2 is 0.855 bits per heavy atom. The highest BCUT2D eigenvalue weighted by molar-refractivity contribution is 5.27. The van der Waals surface area contributed by atoms with E-state index < -0.39 is 0 Å². The quantitative estimate of drug-likeness (QED) is 0.131. The Morgan fingerprint density at radius 3 is 1.20 bits per heavy atom. The van der Waals surface area contributed by atoms with Gasteiger partial charge >= 0.3 is 0 Å². The Labute approximate surface area is 341 Å². The average Bonchev–Trinajstić information content (AvgIpc) is 3.22. The number of hydrogen-bond donors (Lipinski definition) is 0. The third-order valence-electron chi connectivity index (χ3n) is 16.4. The summed E-state index contributed by atoms with van der Waals surface area (Å²) in [7, 11) is 0. The molecule has 6 rings (SSSR count). The monoisotopic (exact) mass is 751 g/mol. The second kappa shape index (κ2) is 22.0. The van der Waals surface area contributed by atoms with E-state index >= 15 is 0 Å². The summed E-state index contributed by atoms with van der Waals surface area (Å²) in [6.07, 6.45) is 40.5. The molecule has 2 aromatic rings. The SMILES string of the molecule is CCCC1(c2ccccc2)CCC(CC(C)CCCC2CCC(OC3CCC(CCCC(C)CC4CCC(CCC)(c5ccccc5)CC4)CC3)CC2)CC1. The van der Waals surface area contributed by atoms with Crippen molar-refractivity contribution in [1.29, 1.82) is 0 Å². The van der Waals surface area contributed by atoms with Crippen LogP contribution in [-0.4, -0.2) is 12.2 Å². The summed E-state index contributed by atoms with van der Waals surface area (Å²) in [6.45, 7) is 9.88. The zero-order valence-corrected chi connectivity index (χ0v) is 36.6. The Balaban J connectivity index is 0.776. The molecule has 4 aliphatic carbocycles. The Kier molecular flexibility index (Phi) is 17.2. The number of rotatable bonds is 20. The van der Waals surface area contributed by atoms with Crippen LogP contribution in [0, 0.1) is 35.5 Å². The second-order valence-electron chi connectivity index (χ2n) is 20.6. The molecule has 0 saturated heterocycles. The maximum atomic E-state index is 6.80. The van der Waals surface area contributed by atoms with E-state index in [1.807, 2.05) is 0 Å². The van der Waals surface area contributed by atoms with Crippen molar-refractivity contribution in [2.24, 2.45) is 35.5 Å². The van der Waals surface area contributed by atoms with Gasteiger partial charge in [0.05, 0.1) is 12.2 Å². The minimum atomic E-state index is 0.456. The van der Waals surface area contributed by atoms with E-state index in [1.165, 1.54) is 180 Å². The van der Waals surface area contributed by atoms with Crippen molar-refractivity contribution in [2.45, 2.75) is 231 Å². The summed E-state index contributed by atoms with van der Waals surface area (Å²) < 4.78 is 6.80. The third kappa shape index (κ3) is 12.7. The van der Waals surface area contributed by atoms with Crippen LogP contribution >= 0.6 is 0 Å². The van der Waals surface area contributed by atoms with Gasteiger partial charge in [-0.1, -0.05) is 140 Å². The maximum Gasteiger partial charge on any atom is 0.0579 e. The van der Waals surface area contributed by atoms with Crippen molar-refractivity contribution in [3.8, 4) is 0 Å². The van der Waals surface area contributed by atoms with Crippen molar-refractivity contribution < 1.29 is 4.74 Å². The highest BCUT2D eigenvalue weighted by Crippen LogP contribution is 2.48. The summed E-state index contributed by atoms with van der Waals surface area (Å²) in [6, 6.07) is 23.0. The van der Waals surface area contributed by atoms with Crippen LogP contribution in [0.2, 0.25) is 0 Å². The maximum absolute atomic E-state index is 6.80. The van der Waals surface area contributed by atoms with E-state index in [0.717, 1.165) is 35.5 Å². The lowest BCUT2D eigenvalue weighted by Crippen LogP contribution is -2.32. The molecule has 0 heterocycles. The van der Waals surface area contributed by atoms with E-state index in [0.29, 0.717) is 23.0 Å². The highest BCUT2D eigenvalue weighted by Gasteiger charge is 2.37. The van der Waals surface area contributed by atoms with Gasteiger partial charge in [-0.3, -0.25) is 0 Å².